The quantitative estimate of drug-likeness (QED) is 0.870. The van der Waals surface area contributed by atoms with Crippen molar-refractivity contribution in [2.75, 3.05) is 13.1 Å². The monoisotopic (exact) mass is 297 g/mol. The molecule has 0 saturated carbocycles. The molecule has 1 aliphatic rings. The first-order chi connectivity index (χ1) is 10.6. The Bertz CT molecular complexity index is 683. The van der Waals surface area contributed by atoms with Crippen molar-refractivity contribution in [2.24, 2.45) is 5.92 Å². The number of benzene rings is 1. The number of hydrogen-bond donors (Lipinski definition) is 0. The van der Waals surface area contributed by atoms with Crippen LogP contribution < -0.4 is 0 Å². The number of rotatable bonds is 4. The van der Waals surface area contributed by atoms with Gasteiger partial charge in [0, 0.05) is 49.9 Å². The van der Waals surface area contributed by atoms with Crippen molar-refractivity contribution in [1.82, 2.24) is 14.5 Å². The average molecular weight is 297 g/mol. The zero-order valence-electron chi connectivity index (χ0n) is 13.5. The van der Waals surface area contributed by atoms with Crippen molar-refractivity contribution < 1.29 is 4.79 Å². The van der Waals surface area contributed by atoms with E-state index in [0.717, 1.165) is 48.6 Å². The van der Waals surface area contributed by atoms with E-state index in [9.17, 15) is 4.79 Å². The van der Waals surface area contributed by atoms with Crippen LogP contribution in [0.1, 0.15) is 34.2 Å². The summed E-state index contributed by atoms with van der Waals surface area (Å²) in [5, 5.41) is 0. The van der Waals surface area contributed by atoms with Gasteiger partial charge in [0.25, 0.3) is 5.91 Å². The van der Waals surface area contributed by atoms with Crippen LogP contribution in [-0.2, 0) is 13.0 Å². The van der Waals surface area contributed by atoms with Gasteiger partial charge in [-0.25, -0.2) is 4.98 Å². The lowest BCUT2D eigenvalue weighted by atomic mass is 9.96. The molecule has 0 unspecified atom stereocenters. The first kappa shape index (κ1) is 14.8. The molecule has 1 saturated heterocycles. The average Bonchev–Trinajstić information content (AvgIpc) is 2.91. The van der Waals surface area contributed by atoms with Gasteiger partial charge in [0.15, 0.2) is 0 Å². The van der Waals surface area contributed by atoms with E-state index >= 15 is 0 Å². The van der Waals surface area contributed by atoms with E-state index in [-0.39, 0.29) is 5.91 Å². The Labute approximate surface area is 131 Å². The Hall–Kier alpha value is -2.10. The van der Waals surface area contributed by atoms with Crippen LogP contribution in [0.15, 0.2) is 30.6 Å². The smallest absolute Gasteiger partial charge is 0.254 e. The number of aromatic nitrogens is 2. The number of nitrogens with zero attached hydrogens (tertiary/aromatic N) is 3. The van der Waals surface area contributed by atoms with Gasteiger partial charge in [-0.1, -0.05) is 24.6 Å². The van der Waals surface area contributed by atoms with E-state index in [1.807, 2.05) is 43.3 Å². The summed E-state index contributed by atoms with van der Waals surface area (Å²) in [6, 6.07) is 6.07. The van der Waals surface area contributed by atoms with Crippen LogP contribution in [0.3, 0.4) is 0 Å². The van der Waals surface area contributed by atoms with Crippen LogP contribution in [0.2, 0.25) is 0 Å². The van der Waals surface area contributed by atoms with Crippen molar-refractivity contribution in [3.63, 3.8) is 0 Å². The van der Waals surface area contributed by atoms with E-state index in [0.29, 0.717) is 5.92 Å². The second kappa shape index (κ2) is 5.95. The molecule has 4 heteroatoms. The van der Waals surface area contributed by atoms with Crippen LogP contribution in [-0.4, -0.2) is 33.4 Å². The minimum absolute atomic E-state index is 0.166. The molecule has 0 radical (unpaired) electrons. The largest absolute Gasteiger partial charge is 0.338 e. The van der Waals surface area contributed by atoms with Crippen molar-refractivity contribution in [3.8, 4) is 0 Å². The summed E-state index contributed by atoms with van der Waals surface area (Å²) >= 11 is 0. The molecule has 1 aliphatic heterocycles. The molecule has 1 amide bonds. The van der Waals surface area contributed by atoms with Gasteiger partial charge in [0.1, 0.15) is 5.82 Å². The SMILES string of the molecule is CCc1nccn1CC1CN(C(=O)c2cc(C)ccc2C)C1. The predicted octanol–water partition coefficient (Wildman–Crippen LogP) is 2.83. The number of amides is 1. The zero-order valence-corrected chi connectivity index (χ0v) is 13.5. The van der Waals surface area contributed by atoms with Crippen molar-refractivity contribution >= 4 is 5.91 Å². The van der Waals surface area contributed by atoms with Crippen LogP contribution in [0, 0.1) is 19.8 Å². The summed E-state index contributed by atoms with van der Waals surface area (Å²) in [4.78, 5) is 18.9. The summed E-state index contributed by atoms with van der Waals surface area (Å²) in [5.41, 5.74) is 3.04. The molecule has 1 aromatic carbocycles. The summed E-state index contributed by atoms with van der Waals surface area (Å²) in [6.45, 7) is 8.79. The van der Waals surface area contributed by atoms with E-state index in [2.05, 4.69) is 22.5 Å². The molecule has 22 heavy (non-hydrogen) atoms. The fourth-order valence-corrected chi connectivity index (χ4v) is 3.09. The third-order valence-corrected chi connectivity index (χ3v) is 4.44. The molecular weight excluding hydrogens is 274 g/mol. The summed E-state index contributed by atoms with van der Waals surface area (Å²) < 4.78 is 2.21. The Balaban J connectivity index is 1.61. The molecule has 0 aliphatic carbocycles. The van der Waals surface area contributed by atoms with Gasteiger partial charge in [-0.15, -0.1) is 0 Å². The third kappa shape index (κ3) is 2.78. The highest BCUT2D eigenvalue weighted by Gasteiger charge is 2.32. The fourth-order valence-electron chi connectivity index (χ4n) is 3.09. The standard InChI is InChI=1S/C18H23N3O/c1-4-17-19-7-8-20(17)10-15-11-21(12-15)18(22)16-9-13(2)5-6-14(16)3/h5-9,15H,4,10-12H2,1-3H3. The van der Waals surface area contributed by atoms with Crippen molar-refractivity contribution in [1.29, 1.82) is 0 Å². The van der Waals surface area contributed by atoms with E-state index in [1.165, 1.54) is 0 Å². The Kier molecular flexibility index (Phi) is 4.01. The zero-order chi connectivity index (χ0) is 15.7. The fraction of sp³-hybridized carbons (Fsp3) is 0.444. The maximum absolute atomic E-state index is 12.6. The number of likely N-dealkylation sites (tertiary alicyclic amines) is 1. The first-order valence-electron chi connectivity index (χ1n) is 7.95. The number of aryl methyl sites for hydroxylation is 3. The normalized spacial score (nSPS) is 15.0. The highest BCUT2D eigenvalue weighted by Crippen LogP contribution is 2.22. The van der Waals surface area contributed by atoms with Gasteiger partial charge in [0.2, 0.25) is 0 Å². The lowest BCUT2D eigenvalue weighted by Gasteiger charge is -2.40. The van der Waals surface area contributed by atoms with E-state index in [4.69, 9.17) is 0 Å². The van der Waals surface area contributed by atoms with Crippen LogP contribution in [0.4, 0.5) is 0 Å². The molecule has 1 aromatic heterocycles. The summed E-state index contributed by atoms with van der Waals surface area (Å²) in [5.74, 6) is 1.83. The maximum atomic E-state index is 12.6. The van der Waals surface area contributed by atoms with Crippen molar-refractivity contribution in [3.05, 3.63) is 53.1 Å². The van der Waals surface area contributed by atoms with Gasteiger partial charge in [0.05, 0.1) is 0 Å². The number of carbonyl (C=O) groups is 1. The van der Waals surface area contributed by atoms with Crippen LogP contribution >= 0.6 is 0 Å². The highest BCUT2D eigenvalue weighted by atomic mass is 16.2. The molecule has 1 fully saturated rings. The lowest BCUT2D eigenvalue weighted by molar-refractivity contribution is 0.0466. The second-order valence-electron chi connectivity index (χ2n) is 6.24. The third-order valence-electron chi connectivity index (χ3n) is 4.44. The minimum Gasteiger partial charge on any atom is -0.338 e. The molecule has 0 bridgehead atoms. The van der Waals surface area contributed by atoms with Gasteiger partial charge in [-0.3, -0.25) is 4.79 Å². The number of hydrogen-bond acceptors (Lipinski definition) is 2. The maximum Gasteiger partial charge on any atom is 0.254 e. The molecule has 3 rings (SSSR count). The number of imidazole rings is 1. The van der Waals surface area contributed by atoms with Gasteiger partial charge in [-0.2, -0.15) is 0 Å². The van der Waals surface area contributed by atoms with Crippen LogP contribution in [0.5, 0.6) is 0 Å². The summed E-state index contributed by atoms with van der Waals surface area (Å²) in [6.07, 6.45) is 4.84. The lowest BCUT2D eigenvalue weighted by Crippen LogP contribution is -2.51. The molecule has 4 nitrogen and oxygen atoms in total. The molecule has 0 spiro atoms. The molecule has 2 heterocycles. The van der Waals surface area contributed by atoms with Crippen LogP contribution in [0.25, 0.3) is 0 Å². The van der Waals surface area contributed by atoms with Gasteiger partial charge in [-0.05, 0) is 25.5 Å². The van der Waals surface area contributed by atoms with Crippen molar-refractivity contribution in [2.45, 2.75) is 33.7 Å². The summed E-state index contributed by atoms with van der Waals surface area (Å²) in [7, 11) is 0. The predicted molar refractivity (Wildman–Crippen MR) is 86.9 cm³/mol. The van der Waals surface area contributed by atoms with E-state index < -0.39 is 0 Å². The molecule has 0 N–H and O–H groups in total. The number of carbonyl (C=O) groups excluding carboxylic acids is 1. The minimum atomic E-state index is 0.166. The molecule has 0 atom stereocenters. The second-order valence-corrected chi connectivity index (χ2v) is 6.24. The first-order valence-corrected chi connectivity index (χ1v) is 7.95. The Morgan fingerprint density at radius 2 is 2.09 bits per heavy atom. The molecule has 116 valence electrons. The highest BCUT2D eigenvalue weighted by molar-refractivity contribution is 5.96. The van der Waals surface area contributed by atoms with Gasteiger partial charge >= 0.3 is 0 Å². The van der Waals surface area contributed by atoms with Gasteiger partial charge < -0.3 is 9.47 Å². The van der Waals surface area contributed by atoms with E-state index in [1.54, 1.807) is 0 Å². The Morgan fingerprint density at radius 3 is 2.82 bits per heavy atom. The Morgan fingerprint density at radius 1 is 1.32 bits per heavy atom. The molecular formula is C18H23N3O. The topological polar surface area (TPSA) is 38.1 Å². The molecule has 2 aromatic rings.